The number of rotatable bonds is 6. The molecule has 2 aromatic rings. The van der Waals surface area contributed by atoms with E-state index in [1.165, 1.54) is 26.2 Å². The Labute approximate surface area is 144 Å². The van der Waals surface area contributed by atoms with Crippen LogP contribution in [0.1, 0.15) is 13.3 Å². The largest absolute Gasteiger partial charge is 0.497 e. The van der Waals surface area contributed by atoms with Gasteiger partial charge in [0.05, 0.1) is 12.4 Å². The second-order valence-corrected chi connectivity index (χ2v) is 8.31. The summed E-state index contributed by atoms with van der Waals surface area (Å²) in [6, 6.07) is 4.92. The highest BCUT2D eigenvalue weighted by Crippen LogP contribution is 2.27. The third-order valence-corrected chi connectivity index (χ3v) is 5.75. The molecule has 0 bridgehead atoms. The van der Waals surface area contributed by atoms with E-state index in [0.717, 1.165) is 29.2 Å². The standard InChI is InChI=1S/C17H19F2NO4S/c1-11(25(3,22)23)6-7-20-10-16(19)14(9-17(20)21)13-5-4-12(24-2)8-15(13)18/h4-5,8-11H,6-7H2,1-3H3. The molecule has 5 nitrogen and oxygen atoms in total. The number of aromatic nitrogens is 1. The first-order chi connectivity index (χ1) is 11.6. The molecule has 1 atom stereocenters. The number of sulfone groups is 1. The maximum atomic E-state index is 14.4. The van der Waals surface area contributed by atoms with E-state index in [1.54, 1.807) is 0 Å². The lowest BCUT2D eigenvalue weighted by Gasteiger charge is -2.12. The second-order valence-electron chi connectivity index (χ2n) is 5.84. The Morgan fingerprint density at radius 2 is 1.84 bits per heavy atom. The molecule has 0 aliphatic rings. The summed E-state index contributed by atoms with van der Waals surface area (Å²) in [6.45, 7) is 1.58. The summed E-state index contributed by atoms with van der Waals surface area (Å²) < 4.78 is 57.3. The van der Waals surface area contributed by atoms with E-state index in [0.29, 0.717) is 0 Å². The van der Waals surface area contributed by atoms with Gasteiger partial charge >= 0.3 is 0 Å². The highest BCUT2D eigenvalue weighted by atomic mass is 32.2. The van der Waals surface area contributed by atoms with Crippen molar-refractivity contribution in [2.24, 2.45) is 0 Å². The highest BCUT2D eigenvalue weighted by Gasteiger charge is 2.17. The molecule has 0 spiro atoms. The first-order valence-corrected chi connectivity index (χ1v) is 9.51. The van der Waals surface area contributed by atoms with Crippen LogP contribution >= 0.6 is 0 Å². The fourth-order valence-corrected chi connectivity index (χ4v) is 2.84. The van der Waals surface area contributed by atoms with Crippen molar-refractivity contribution in [2.45, 2.75) is 25.1 Å². The van der Waals surface area contributed by atoms with E-state index in [4.69, 9.17) is 4.74 Å². The molecule has 0 saturated carbocycles. The third kappa shape index (κ3) is 4.45. The molecule has 1 unspecified atom stereocenters. The summed E-state index contributed by atoms with van der Waals surface area (Å²) in [5, 5.41) is -0.652. The zero-order valence-electron chi connectivity index (χ0n) is 14.1. The van der Waals surface area contributed by atoms with Crippen LogP contribution in [0.15, 0.2) is 35.3 Å². The van der Waals surface area contributed by atoms with Crippen LogP contribution in [0.3, 0.4) is 0 Å². The zero-order valence-corrected chi connectivity index (χ0v) is 14.9. The minimum Gasteiger partial charge on any atom is -0.497 e. The van der Waals surface area contributed by atoms with Crippen molar-refractivity contribution < 1.29 is 21.9 Å². The Hall–Kier alpha value is -2.22. The number of ether oxygens (including phenoxy) is 1. The molecular formula is C17H19F2NO4S. The Morgan fingerprint density at radius 1 is 1.16 bits per heavy atom. The van der Waals surface area contributed by atoms with Crippen LogP contribution in [0.4, 0.5) is 8.78 Å². The average molecular weight is 371 g/mol. The average Bonchev–Trinajstić information content (AvgIpc) is 2.54. The lowest BCUT2D eigenvalue weighted by molar-refractivity contribution is 0.411. The molecule has 8 heteroatoms. The molecule has 0 amide bonds. The van der Waals surface area contributed by atoms with Gasteiger partial charge in [0.1, 0.15) is 27.2 Å². The molecule has 1 aromatic heterocycles. The van der Waals surface area contributed by atoms with Crippen LogP contribution in [0.25, 0.3) is 11.1 Å². The lowest BCUT2D eigenvalue weighted by atomic mass is 10.1. The summed E-state index contributed by atoms with van der Waals surface area (Å²) >= 11 is 0. The fraction of sp³-hybridized carbons (Fsp3) is 0.353. The van der Waals surface area contributed by atoms with Crippen molar-refractivity contribution in [3.05, 3.63) is 52.5 Å². The Balaban J connectivity index is 2.33. The van der Waals surface area contributed by atoms with Crippen LogP contribution in [0, 0.1) is 11.6 Å². The summed E-state index contributed by atoms with van der Waals surface area (Å²) in [5.41, 5.74) is -0.739. The molecule has 1 heterocycles. The predicted molar refractivity (Wildman–Crippen MR) is 91.5 cm³/mol. The molecule has 2 rings (SSSR count). The van der Waals surface area contributed by atoms with E-state index in [1.807, 2.05) is 0 Å². The lowest BCUT2D eigenvalue weighted by Crippen LogP contribution is -2.24. The van der Waals surface area contributed by atoms with Crippen molar-refractivity contribution in [1.29, 1.82) is 0 Å². The molecule has 136 valence electrons. The zero-order chi connectivity index (χ0) is 18.8. The van der Waals surface area contributed by atoms with E-state index >= 15 is 0 Å². The van der Waals surface area contributed by atoms with Gasteiger partial charge in [-0.2, -0.15) is 0 Å². The predicted octanol–water partition coefficient (Wildman–Crippen LogP) is 2.63. The number of hydrogen-bond donors (Lipinski definition) is 0. The van der Waals surface area contributed by atoms with Gasteiger partial charge in [-0.25, -0.2) is 17.2 Å². The maximum absolute atomic E-state index is 14.4. The van der Waals surface area contributed by atoms with Gasteiger partial charge in [-0.3, -0.25) is 4.79 Å². The van der Waals surface area contributed by atoms with Crippen LogP contribution in [0.2, 0.25) is 0 Å². The second kappa shape index (κ2) is 7.35. The quantitative estimate of drug-likeness (QED) is 0.783. The monoisotopic (exact) mass is 371 g/mol. The topological polar surface area (TPSA) is 65.4 Å². The van der Waals surface area contributed by atoms with Crippen LogP contribution in [0.5, 0.6) is 5.75 Å². The van der Waals surface area contributed by atoms with Crippen molar-refractivity contribution in [2.75, 3.05) is 13.4 Å². The van der Waals surface area contributed by atoms with Gasteiger partial charge in [0.25, 0.3) is 5.56 Å². The van der Waals surface area contributed by atoms with Crippen molar-refractivity contribution in [3.8, 4) is 16.9 Å². The van der Waals surface area contributed by atoms with Crippen LogP contribution in [-0.2, 0) is 16.4 Å². The SMILES string of the molecule is COc1ccc(-c2cc(=O)n(CCC(C)S(C)(=O)=O)cc2F)c(F)c1. The van der Waals surface area contributed by atoms with Crippen molar-refractivity contribution in [3.63, 3.8) is 0 Å². The van der Waals surface area contributed by atoms with Gasteiger partial charge < -0.3 is 9.30 Å². The maximum Gasteiger partial charge on any atom is 0.251 e. The van der Waals surface area contributed by atoms with E-state index < -0.39 is 32.3 Å². The number of hydrogen-bond acceptors (Lipinski definition) is 4. The molecular weight excluding hydrogens is 352 g/mol. The van der Waals surface area contributed by atoms with E-state index in [9.17, 15) is 22.0 Å². The van der Waals surface area contributed by atoms with E-state index in [2.05, 4.69) is 0 Å². The van der Waals surface area contributed by atoms with Gasteiger partial charge in [-0.15, -0.1) is 0 Å². The number of benzene rings is 1. The number of methoxy groups -OCH3 is 1. The summed E-state index contributed by atoms with van der Waals surface area (Å²) in [5.74, 6) is -1.19. The number of pyridine rings is 1. The van der Waals surface area contributed by atoms with Gasteiger partial charge in [-0.1, -0.05) is 0 Å². The van der Waals surface area contributed by atoms with Gasteiger partial charge in [0, 0.05) is 42.3 Å². The normalized spacial score (nSPS) is 12.8. The molecule has 1 aromatic carbocycles. The van der Waals surface area contributed by atoms with Crippen LogP contribution in [-0.4, -0.2) is 31.6 Å². The smallest absolute Gasteiger partial charge is 0.251 e. The van der Waals surface area contributed by atoms with E-state index in [-0.39, 0.29) is 29.8 Å². The van der Waals surface area contributed by atoms with Crippen molar-refractivity contribution in [1.82, 2.24) is 4.57 Å². The Morgan fingerprint density at radius 3 is 2.40 bits per heavy atom. The van der Waals surface area contributed by atoms with Crippen LogP contribution < -0.4 is 10.3 Å². The number of halogens is 2. The Kier molecular flexibility index (Phi) is 5.62. The molecule has 0 fully saturated rings. The number of aryl methyl sites for hydroxylation is 1. The fourth-order valence-electron chi connectivity index (χ4n) is 2.30. The summed E-state index contributed by atoms with van der Waals surface area (Å²) in [7, 11) is -1.85. The molecule has 0 aliphatic carbocycles. The summed E-state index contributed by atoms with van der Waals surface area (Å²) in [4.78, 5) is 12.2. The first-order valence-electron chi connectivity index (χ1n) is 7.56. The Bertz CT molecular complexity index is 938. The highest BCUT2D eigenvalue weighted by molar-refractivity contribution is 7.91. The van der Waals surface area contributed by atoms with Crippen molar-refractivity contribution >= 4 is 9.84 Å². The first kappa shape index (κ1) is 19.1. The third-order valence-electron chi connectivity index (χ3n) is 4.05. The molecule has 0 aliphatic heterocycles. The summed E-state index contributed by atoms with van der Waals surface area (Å²) in [6.07, 6.45) is 2.25. The number of nitrogens with zero attached hydrogens (tertiary/aromatic N) is 1. The van der Waals surface area contributed by atoms with Gasteiger partial charge in [0.15, 0.2) is 0 Å². The molecule has 25 heavy (non-hydrogen) atoms. The minimum atomic E-state index is -3.23. The molecule has 0 radical (unpaired) electrons. The molecule has 0 saturated heterocycles. The minimum absolute atomic E-state index is 0.0490. The van der Waals surface area contributed by atoms with Gasteiger partial charge in [0.2, 0.25) is 0 Å². The van der Waals surface area contributed by atoms with Gasteiger partial charge in [-0.05, 0) is 25.5 Å². The molecule has 0 N–H and O–H groups in total.